The van der Waals surface area contributed by atoms with E-state index in [1.807, 2.05) is 13.0 Å². The van der Waals surface area contributed by atoms with E-state index in [2.05, 4.69) is 22.1 Å². The van der Waals surface area contributed by atoms with Crippen LogP contribution in [0.25, 0.3) is 0 Å². The maximum absolute atomic E-state index is 6.29. The van der Waals surface area contributed by atoms with E-state index in [4.69, 9.17) is 23.2 Å². The van der Waals surface area contributed by atoms with Gasteiger partial charge in [-0.3, -0.25) is 4.90 Å². The van der Waals surface area contributed by atoms with Crippen molar-refractivity contribution >= 4 is 23.2 Å². The Labute approximate surface area is 131 Å². The van der Waals surface area contributed by atoms with Crippen molar-refractivity contribution in [1.29, 1.82) is 0 Å². The molecule has 3 nitrogen and oxygen atoms in total. The van der Waals surface area contributed by atoms with Gasteiger partial charge >= 0.3 is 0 Å². The van der Waals surface area contributed by atoms with Gasteiger partial charge in [0.05, 0.1) is 0 Å². The zero-order valence-corrected chi connectivity index (χ0v) is 13.8. The smallest absolute Gasteiger partial charge is 0.135 e. The SMILES string of the molecule is CCNCC1CCN(Cc2c(Cl)cc(C)nc2Cl)CC1. The van der Waals surface area contributed by atoms with Gasteiger partial charge in [0.1, 0.15) is 5.15 Å². The molecule has 1 saturated heterocycles. The number of hydrogen-bond acceptors (Lipinski definition) is 3. The summed E-state index contributed by atoms with van der Waals surface area (Å²) in [4.78, 5) is 6.72. The lowest BCUT2D eigenvalue weighted by Gasteiger charge is -2.32. The van der Waals surface area contributed by atoms with E-state index in [0.29, 0.717) is 5.15 Å². The van der Waals surface area contributed by atoms with Crippen molar-refractivity contribution in [2.24, 2.45) is 5.92 Å². The fraction of sp³-hybridized carbons (Fsp3) is 0.667. The quantitative estimate of drug-likeness (QED) is 0.843. The van der Waals surface area contributed by atoms with Crippen LogP contribution in [0, 0.1) is 12.8 Å². The fourth-order valence-corrected chi connectivity index (χ4v) is 3.34. The second kappa shape index (κ2) is 7.60. The van der Waals surface area contributed by atoms with Gasteiger partial charge in [-0.15, -0.1) is 0 Å². The van der Waals surface area contributed by atoms with Gasteiger partial charge < -0.3 is 5.32 Å². The molecular formula is C15H23Cl2N3. The maximum Gasteiger partial charge on any atom is 0.135 e. The molecule has 0 spiro atoms. The van der Waals surface area contributed by atoms with Crippen LogP contribution in [0.1, 0.15) is 31.0 Å². The Bertz CT molecular complexity index is 420. The van der Waals surface area contributed by atoms with Crippen molar-refractivity contribution in [1.82, 2.24) is 15.2 Å². The largest absolute Gasteiger partial charge is 0.317 e. The van der Waals surface area contributed by atoms with Crippen LogP contribution in [-0.4, -0.2) is 36.1 Å². The first kappa shape index (κ1) is 16.0. The lowest BCUT2D eigenvalue weighted by molar-refractivity contribution is 0.176. The van der Waals surface area contributed by atoms with Crippen LogP contribution < -0.4 is 5.32 Å². The zero-order chi connectivity index (χ0) is 14.5. The molecule has 0 saturated carbocycles. The lowest BCUT2D eigenvalue weighted by Crippen LogP contribution is -2.37. The highest BCUT2D eigenvalue weighted by Gasteiger charge is 2.20. The molecule has 2 rings (SSSR count). The Morgan fingerprint density at radius 1 is 1.35 bits per heavy atom. The summed E-state index contributed by atoms with van der Waals surface area (Å²) < 4.78 is 0. The minimum atomic E-state index is 0.546. The summed E-state index contributed by atoms with van der Waals surface area (Å²) in [5.41, 5.74) is 1.83. The van der Waals surface area contributed by atoms with Crippen LogP contribution in [0.5, 0.6) is 0 Å². The van der Waals surface area contributed by atoms with Gasteiger partial charge in [-0.1, -0.05) is 30.1 Å². The number of piperidine rings is 1. The molecule has 112 valence electrons. The number of pyridine rings is 1. The second-order valence-electron chi connectivity index (χ2n) is 5.54. The van der Waals surface area contributed by atoms with E-state index in [1.54, 1.807) is 0 Å². The van der Waals surface area contributed by atoms with E-state index in [1.165, 1.54) is 12.8 Å². The normalized spacial score (nSPS) is 17.6. The molecule has 1 fully saturated rings. The Kier molecular flexibility index (Phi) is 6.09. The van der Waals surface area contributed by atoms with Gasteiger partial charge in [-0.2, -0.15) is 0 Å². The lowest BCUT2D eigenvalue weighted by atomic mass is 9.96. The van der Waals surface area contributed by atoms with E-state index in [-0.39, 0.29) is 0 Å². The summed E-state index contributed by atoms with van der Waals surface area (Å²) in [5.74, 6) is 0.799. The summed E-state index contributed by atoms with van der Waals surface area (Å²) in [6, 6.07) is 1.89. The Balaban J connectivity index is 1.90. The highest BCUT2D eigenvalue weighted by molar-refractivity contribution is 6.35. The molecule has 0 unspecified atom stereocenters. The highest BCUT2D eigenvalue weighted by atomic mass is 35.5. The first-order valence-electron chi connectivity index (χ1n) is 7.34. The molecule has 0 atom stereocenters. The van der Waals surface area contributed by atoms with Gasteiger partial charge in [0.2, 0.25) is 0 Å². The predicted molar refractivity (Wildman–Crippen MR) is 85.5 cm³/mol. The van der Waals surface area contributed by atoms with Crippen LogP contribution in [-0.2, 0) is 6.54 Å². The number of likely N-dealkylation sites (tertiary alicyclic amines) is 1. The number of aryl methyl sites for hydroxylation is 1. The van der Waals surface area contributed by atoms with Gasteiger partial charge in [-0.05, 0) is 57.9 Å². The molecular weight excluding hydrogens is 293 g/mol. The third-order valence-corrected chi connectivity index (χ3v) is 4.57. The summed E-state index contributed by atoms with van der Waals surface area (Å²) in [5, 5.41) is 4.72. The van der Waals surface area contributed by atoms with Crippen molar-refractivity contribution < 1.29 is 0 Å². The summed E-state index contributed by atoms with van der Waals surface area (Å²) in [7, 11) is 0. The molecule has 20 heavy (non-hydrogen) atoms. The third-order valence-electron chi connectivity index (χ3n) is 3.92. The van der Waals surface area contributed by atoms with Crippen LogP contribution in [0.2, 0.25) is 10.2 Å². The van der Waals surface area contributed by atoms with Crippen LogP contribution in [0.3, 0.4) is 0 Å². The second-order valence-corrected chi connectivity index (χ2v) is 6.31. The van der Waals surface area contributed by atoms with Crippen LogP contribution in [0.4, 0.5) is 0 Å². The van der Waals surface area contributed by atoms with Crippen molar-refractivity contribution in [2.75, 3.05) is 26.2 Å². The summed E-state index contributed by atoms with van der Waals surface area (Å²) in [6.07, 6.45) is 2.48. The zero-order valence-electron chi connectivity index (χ0n) is 12.3. The average Bonchev–Trinajstić information content (AvgIpc) is 2.42. The molecule has 0 radical (unpaired) electrons. The molecule has 2 heterocycles. The van der Waals surface area contributed by atoms with E-state index < -0.39 is 0 Å². The summed E-state index contributed by atoms with van der Waals surface area (Å²) >= 11 is 12.5. The Hall–Kier alpha value is -0.350. The van der Waals surface area contributed by atoms with Gasteiger partial charge in [0.15, 0.2) is 0 Å². The first-order valence-corrected chi connectivity index (χ1v) is 8.10. The Morgan fingerprint density at radius 3 is 2.65 bits per heavy atom. The van der Waals surface area contributed by atoms with E-state index in [0.717, 1.165) is 54.9 Å². The number of rotatable bonds is 5. The standard InChI is InChI=1S/C15H23Cl2N3/c1-3-18-9-12-4-6-20(7-5-12)10-13-14(16)8-11(2)19-15(13)17/h8,12,18H,3-7,9-10H2,1-2H3. The monoisotopic (exact) mass is 315 g/mol. The third kappa shape index (κ3) is 4.32. The van der Waals surface area contributed by atoms with Crippen molar-refractivity contribution in [2.45, 2.75) is 33.2 Å². The molecule has 0 bridgehead atoms. The van der Waals surface area contributed by atoms with E-state index >= 15 is 0 Å². The molecule has 1 N–H and O–H groups in total. The minimum absolute atomic E-state index is 0.546. The number of halogens is 2. The molecule has 1 aromatic rings. The van der Waals surface area contributed by atoms with Gasteiger partial charge in [-0.25, -0.2) is 4.98 Å². The Morgan fingerprint density at radius 2 is 2.05 bits per heavy atom. The summed E-state index contributed by atoms with van der Waals surface area (Å²) in [6.45, 7) is 9.28. The molecule has 1 aromatic heterocycles. The molecule has 5 heteroatoms. The molecule has 1 aliphatic rings. The topological polar surface area (TPSA) is 28.2 Å². The van der Waals surface area contributed by atoms with Crippen LogP contribution >= 0.6 is 23.2 Å². The van der Waals surface area contributed by atoms with Crippen molar-refractivity contribution in [3.05, 3.63) is 27.5 Å². The highest BCUT2D eigenvalue weighted by Crippen LogP contribution is 2.27. The number of aromatic nitrogens is 1. The predicted octanol–water partition coefficient (Wildman–Crippen LogP) is 3.52. The van der Waals surface area contributed by atoms with Gasteiger partial charge in [0.25, 0.3) is 0 Å². The molecule has 0 aromatic carbocycles. The van der Waals surface area contributed by atoms with Gasteiger partial charge in [0, 0.05) is 22.8 Å². The number of nitrogens with one attached hydrogen (secondary N) is 1. The number of hydrogen-bond donors (Lipinski definition) is 1. The average molecular weight is 316 g/mol. The van der Waals surface area contributed by atoms with Crippen LogP contribution in [0.15, 0.2) is 6.07 Å². The maximum atomic E-state index is 6.29. The minimum Gasteiger partial charge on any atom is -0.317 e. The van der Waals surface area contributed by atoms with E-state index in [9.17, 15) is 0 Å². The fourth-order valence-electron chi connectivity index (χ4n) is 2.69. The van der Waals surface area contributed by atoms with Crippen molar-refractivity contribution in [3.63, 3.8) is 0 Å². The molecule has 0 amide bonds. The molecule has 1 aliphatic heterocycles. The first-order chi connectivity index (χ1) is 9.60. The van der Waals surface area contributed by atoms with Crippen molar-refractivity contribution in [3.8, 4) is 0 Å². The number of nitrogens with zero attached hydrogens (tertiary/aromatic N) is 2. The molecule has 0 aliphatic carbocycles.